The Morgan fingerprint density at radius 3 is 2.76 bits per heavy atom. The van der Waals surface area contributed by atoms with Crippen LogP contribution in [-0.2, 0) is 0 Å². The highest BCUT2D eigenvalue weighted by Crippen LogP contribution is 2.46. The summed E-state index contributed by atoms with van der Waals surface area (Å²) in [6, 6.07) is 12.0. The summed E-state index contributed by atoms with van der Waals surface area (Å²) < 4.78 is 12.9. The summed E-state index contributed by atoms with van der Waals surface area (Å²) in [6.45, 7) is 11.3. The second-order valence-electron chi connectivity index (χ2n) is 10.8. The SMILES string of the molecule is CCN1CCC2(CC1)CC(O)c1cc(-c3n[nH]c4ccc(O[C@H](C)c5c(C)cnnc5C)cc34)ccc1O2. The number of rotatable bonds is 5. The molecule has 1 spiro atoms. The van der Waals surface area contributed by atoms with Gasteiger partial charge in [0, 0.05) is 41.6 Å². The number of aromatic nitrogens is 4. The Labute approximate surface area is 223 Å². The zero-order valence-electron chi connectivity index (χ0n) is 22.5. The van der Waals surface area contributed by atoms with E-state index in [0.29, 0.717) is 6.42 Å². The molecule has 0 radical (unpaired) electrons. The summed E-state index contributed by atoms with van der Waals surface area (Å²) in [5.41, 5.74) is 6.22. The number of ether oxygens (including phenoxy) is 2. The monoisotopic (exact) mass is 513 g/mol. The molecule has 8 nitrogen and oxygen atoms in total. The Balaban J connectivity index is 1.28. The molecule has 2 atom stereocenters. The predicted octanol–water partition coefficient (Wildman–Crippen LogP) is 5.45. The van der Waals surface area contributed by atoms with Crippen molar-refractivity contribution in [1.82, 2.24) is 25.3 Å². The minimum Gasteiger partial charge on any atom is -0.487 e. The van der Waals surface area contributed by atoms with Crippen LogP contribution in [0, 0.1) is 13.8 Å². The molecule has 4 heterocycles. The van der Waals surface area contributed by atoms with Gasteiger partial charge in [-0.1, -0.05) is 6.92 Å². The minimum atomic E-state index is -0.558. The Morgan fingerprint density at radius 2 is 2.00 bits per heavy atom. The average Bonchev–Trinajstić information content (AvgIpc) is 3.32. The van der Waals surface area contributed by atoms with Gasteiger partial charge in [-0.05, 0) is 82.1 Å². The van der Waals surface area contributed by atoms with Crippen molar-refractivity contribution >= 4 is 10.9 Å². The van der Waals surface area contributed by atoms with Crippen LogP contribution >= 0.6 is 0 Å². The van der Waals surface area contributed by atoms with E-state index in [4.69, 9.17) is 9.47 Å². The zero-order valence-corrected chi connectivity index (χ0v) is 22.5. The summed E-state index contributed by atoms with van der Waals surface area (Å²) in [7, 11) is 0. The lowest BCUT2D eigenvalue weighted by Crippen LogP contribution is -2.50. The van der Waals surface area contributed by atoms with E-state index in [1.807, 2.05) is 57.2 Å². The van der Waals surface area contributed by atoms with Crippen LogP contribution in [0.15, 0.2) is 42.6 Å². The lowest BCUT2D eigenvalue weighted by Gasteiger charge is -2.45. The van der Waals surface area contributed by atoms with Crippen LogP contribution < -0.4 is 9.47 Å². The molecule has 0 amide bonds. The fourth-order valence-electron chi connectivity index (χ4n) is 6.14. The number of benzene rings is 2. The molecule has 1 saturated heterocycles. The molecule has 2 aliphatic heterocycles. The quantitative estimate of drug-likeness (QED) is 0.366. The number of nitrogens with one attached hydrogen (secondary N) is 1. The highest BCUT2D eigenvalue weighted by atomic mass is 16.5. The highest BCUT2D eigenvalue weighted by molar-refractivity contribution is 5.94. The predicted molar refractivity (Wildman–Crippen MR) is 146 cm³/mol. The normalized spacial score (nSPS) is 19.8. The van der Waals surface area contributed by atoms with Crippen LogP contribution in [0.3, 0.4) is 0 Å². The molecule has 38 heavy (non-hydrogen) atoms. The van der Waals surface area contributed by atoms with Gasteiger partial charge in [-0.25, -0.2) is 0 Å². The van der Waals surface area contributed by atoms with Crippen LogP contribution in [0.2, 0.25) is 0 Å². The van der Waals surface area contributed by atoms with Crippen molar-refractivity contribution in [3.05, 3.63) is 65.0 Å². The largest absolute Gasteiger partial charge is 0.487 e. The van der Waals surface area contributed by atoms with Crippen LogP contribution in [0.25, 0.3) is 22.2 Å². The van der Waals surface area contributed by atoms with Gasteiger partial charge in [-0.2, -0.15) is 15.3 Å². The van der Waals surface area contributed by atoms with E-state index in [9.17, 15) is 5.11 Å². The van der Waals surface area contributed by atoms with E-state index in [1.54, 1.807) is 6.20 Å². The average molecular weight is 514 g/mol. The number of aromatic amines is 1. The van der Waals surface area contributed by atoms with Gasteiger partial charge in [0.25, 0.3) is 0 Å². The number of aryl methyl sites for hydroxylation is 2. The lowest BCUT2D eigenvalue weighted by molar-refractivity contribution is -0.0531. The van der Waals surface area contributed by atoms with Crippen molar-refractivity contribution in [2.75, 3.05) is 19.6 Å². The van der Waals surface area contributed by atoms with Gasteiger partial charge in [0.15, 0.2) is 0 Å². The number of nitrogens with zero attached hydrogens (tertiary/aromatic N) is 4. The highest BCUT2D eigenvalue weighted by Gasteiger charge is 2.42. The number of aliphatic hydroxyl groups is 1. The van der Waals surface area contributed by atoms with E-state index in [1.165, 1.54) is 0 Å². The maximum absolute atomic E-state index is 11.2. The standard InChI is InChI=1S/C30H35N5O3/c1-5-35-12-10-30(11-13-35)16-26(36)24-14-21(6-9-27(24)38-30)29-23-15-22(7-8-25(23)33-34-29)37-20(4)28-18(2)17-31-32-19(28)3/h6-9,14-15,17,20,26,36H,5,10-13,16H2,1-4H3,(H,33,34)/t20-,26?/m1/s1. The van der Waals surface area contributed by atoms with Gasteiger partial charge in [0.05, 0.1) is 23.5 Å². The Bertz CT molecular complexity index is 1450. The molecule has 1 fully saturated rings. The summed E-state index contributed by atoms with van der Waals surface area (Å²) >= 11 is 0. The van der Waals surface area contributed by atoms with E-state index in [0.717, 1.165) is 88.5 Å². The molecule has 4 aromatic rings. The number of fused-ring (bicyclic) bond motifs is 2. The van der Waals surface area contributed by atoms with Crippen molar-refractivity contribution < 1.29 is 14.6 Å². The topological polar surface area (TPSA) is 96.4 Å². The molecule has 0 aliphatic carbocycles. The Hall–Kier alpha value is -3.49. The van der Waals surface area contributed by atoms with Crippen molar-refractivity contribution in [3.8, 4) is 22.8 Å². The van der Waals surface area contributed by atoms with E-state index >= 15 is 0 Å². The Morgan fingerprint density at radius 1 is 1.18 bits per heavy atom. The number of piperidine rings is 1. The first kappa shape index (κ1) is 24.8. The van der Waals surface area contributed by atoms with Gasteiger partial charge in [-0.3, -0.25) is 5.10 Å². The summed E-state index contributed by atoms with van der Waals surface area (Å²) in [4.78, 5) is 2.44. The number of likely N-dealkylation sites (tertiary alicyclic amines) is 1. The van der Waals surface area contributed by atoms with Crippen LogP contribution in [0.4, 0.5) is 0 Å². The fraction of sp³-hybridized carbons (Fsp3) is 0.433. The molecule has 2 aliphatic rings. The van der Waals surface area contributed by atoms with E-state index in [-0.39, 0.29) is 11.7 Å². The third-order valence-corrected chi connectivity index (χ3v) is 8.28. The maximum Gasteiger partial charge on any atom is 0.125 e. The van der Waals surface area contributed by atoms with Gasteiger partial charge < -0.3 is 19.5 Å². The maximum atomic E-state index is 11.2. The van der Waals surface area contributed by atoms with Crippen LogP contribution in [-0.4, -0.2) is 55.6 Å². The number of hydrogen-bond donors (Lipinski definition) is 2. The first-order valence-electron chi connectivity index (χ1n) is 13.5. The number of aliphatic hydroxyl groups excluding tert-OH is 1. The molecule has 2 N–H and O–H groups in total. The second-order valence-corrected chi connectivity index (χ2v) is 10.8. The van der Waals surface area contributed by atoms with Crippen molar-refractivity contribution in [3.63, 3.8) is 0 Å². The molecule has 2 aromatic heterocycles. The lowest BCUT2D eigenvalue weighted by atomic mass is 9.81. The van der Waals surface area contributed by atoms with Crippen LogP contribution in [0.1, 0.15) is 67.7 Å². The van der Waals surface area contributed by atoms with Gasteiger partial charge in [0.2, 0.25) is 0 Å². The number of hydrogen-bond acceptors (Lipinski definition) is 7. The van der Waals surface area contributed by atoms with Crippen LogP contribution in [0.5, 0.6) is 11.5 Å². The summed E-state index contributed by atoms with van der Waals surface area (Å²) in [5.74, 6) is 1.54. The zero-order chi connectivity index (χ0) is 26.4. The van der Waals surface area contributed by atoms with Gasteiger partial charge in [-0.15, -0.1) is 0 Å². The van der Waals surface area contributed by atoms with Crippen molar-refractivity contribution in [2.45, 2.75) is 64.8 Å². The third kappa shape index (κ3) is 4.41. The second kappa shape index (κ2) is 9.67. The Kier molecular flexibility index (Phi) is 6.32. The molecular weight excluding hydrogens is 478 g/mol. The molecule has 0 bridgehead atoms. The minimum absolute atomic E-state index is 0.175. The third-order valence-electron chi connectivity index (χ3n) is 8.28. The van der Waals surface area contributed by atoms with E-state index in [2.05, 4.69) is 32.2 Å². The molecule has 8 heteroatoms. The molecule has 0 saturated carbocycles. The molecule has 1 unspecified atom stereocenters. The summed E-state index contributed by atoms with van der Waals surface area (Å²) in [6.07, 6.45) is 3.55. The first-order valence-corrected chi connectivity index (χ1v) is 13.5. The van der Waals surface area contributed by atoms with E-state index < -0.39 is 6.10 Å². The molecular formula is C30H35N5O3. The number of H-pyrrole nitrogens is 1. The summed E-state index contributed by atoms with van der Waals surface area (Å²) in [5, 5.41) is 28.1. The molecule has 198 valence electrons. The first-order chi connectivity index (χ1) is 18.4. The molecule has 6 rings (SSSR count). The van der Waals surface area contributed by atoms with Crippen molar-refractivity contribution in [2.24, 2.45) is 0 Å². The molecule has 2 aromatic carbocycles. The smallest absolute Gasteiger partial charge is 0.125 e. The van der Waals surface area contributed by atoms with Gasteiger partial charge >= 0.3 is 0 Å². The van der Waals surface area contributed by atoms with Gasteiger partial charge in [0.1, 0.15) is 28.9 Å². The fourth-order valence-corrected chi connectivity index (χ4v) is 6.14. The van der Waals surface area contributed by atoms with Crippen molar-refractivity contribution in [1.29, 1.82) is 0 Å².